The maximum Gasteiger partial charge on any atom is 0.241 e. The third-order valence-corrected chi connectivity index (χ3v) is 2.12. The molecule has 4 N–H and O–H groups in total. The number of hydrogen-bond acceptors (Lipinski definition) is 3. The van der Waals surface area contributed by atoms with E-state index in [1.54, 1.807) is 19.9 Å². The average Bonchev–Trinajstić information content (AvgIpc) is 2.13. The van der Waals surface area contributed by atoms with E-state index in [1.165, 1.54) is 0 Å². The lowest BCUT2D eigenvalue weighted by atomic mass is 10.1. The Hall–Kier alpha value is -1.55. The highest BCUT2D eigenvalue weighted by Crippen LogP contribution is 2.28. The van der Waals surface area contributed by atoms with Crippen molar-refractivity contribution in [1.82, 2.24) is 0 Å². The van der Waals surface area contributed by atoms with E-state index in [4.69, 9.17) is 5.73 Å². The van der Waals surface area contributed by atoms with Gasteiger partial charge in [0.05, 0.1) is 11.7 Å². The molecule has 0 aromatic heterocycles. The summed E-state index contributed by atoms with van der Waals surface area (Å²) in [5.74, 6) is -0.218. The Balaban J connectivity index is 2.99. The van der Waals surface area contributed by atoms with Crippen LogP contribution in [0.5, 0.6) is 5.75 Å². The van der Waals surface area contributed by atoms with E-state index >= 15 is 0 Å². The third kappa shape index (κ3) is 2.70. The number of benzene rings is 1. The molecule has 0 aliphatic heterocycles. The number of nitrogens with two attached hydrogens (primary N) is 1. The SMILES string of the molecule is Cc1cc(C)c(O)c(NC(=O)[C@H](C)N)c1. The van der Waals surface area contributed by atoms with Gasteiger partial charge < -0.3 is 16.2 Å². The molecule has 0 saturated heterocycles. The molecule has 1 atom stereocenters. The zero-order chi connectivity index (χ0) is 11.6. The highest BCUT2D eigenvalue weighted by atomic mass is 16.3. The van der Waals surface area contributed by atoms with Gasteiger partial charge in [-0.05, 0) is 38.0 Å². The fraction of sp³-hybridized carbons (Fsp3) is 0.364. The molecule has 4 nitrogen and oxygen atoms in total. The van der Waals surface area contributed by atoms with Crippen LogP contribution in [-0.2, 0) is 4.79 Å². The van der Waals surface area contributed by atoms with Crippen molar-refractivity contribution in [3.05, 3.63) is 23.3 Å². The van der Waals surface area contributed by atoms with Crippen molar-refractivity contribution in [2.75, 3.05) is 5.32 Å². The predicted octanol–water partition coefficient (Wildman–Crippen LogP) is 1.29. The van der Waals surface area contributed by atoms with Crippen LogP contribution in [0.15, 0.2) is 12.1 Å². The maximum atomic E-state index is 11.3. The molecule has 0 bridgehead atoms. The van der Waals surface area contributed by atoms with Crippen molar-refractivity contribution in [1.29, 1.82) is 0 Å². The lowest BCUT2D eigenvalue weighted by molar-refractivity contribution is -0.117. The van der Waals surface area contributed by atoms with Crippen LogP contribution in [0.1, 0.15) is 18.1 Å². The molecule has 0 heterocycles. The van der Waals surface area contributed by atoms with Crippen molar-refractivity contribution >= 4 is 11.6 Å². The summed E-state index contributed by atoms with van der Waals surface area (Å²) >= 11 is 0. The number of carbonyl (C=O) groups is 1. The number of hydrogen-bond donors (Lipinski definition) is 3. The van der Waals surface area contributed by atoms with E-state index < -0.39 is 6.04 Å². The van der Waals surface area contributed by atoms with Gasteiger partial charge in [-0.15, -0.1) is 0 Å². The van der Waals surface area contributed by atoms with Gasteiger partial charge in [0.15, 0.2) is 0 Å². The van der Waals surface area contributed by atoms with Crippen molar-refractivity contribution in [3.8, 4) is 5.75 Å². The van der Waals surface area contributed by atoms with Gasteiger partial charge in [-0.3, -0.25) is 4.79 Å². The normalized spacial score (nSPS) is 12.3. The summed E-state index contributed by atoms with van der Waals surface area (Å²) in [6.07, 6.45) is 0. The maximum absolute atomic E-state index is 11.3. The van der Waals surface area contributed by atoms with Gasteiger partial charge in [-0.1, -0.05) is 6.07 Å². The van der Waals surface area contributed by atoms with Crippen LogP contribution in [0.4, 0.5) is 5.69 Å². The number of phenolic OH excluding ortho intramolecular Hbond substituents is 1. The number of aromatic hydroxyl groups is 1. The van der Waals surface area contributed by atoms with E-state index in [9.17, 15) is 9.90 Å². The molecule has 0 spiro atoms. The lowest BCUT2D eigenvalue weighted by Gasteiger charge is -2.11. The number of anilines is 1. The highest BCUT2D eigenvalue weighted by Gasteiger charge is 2.11. The van der Waals surface area contributed by atoms with Gasteiger partial charge in [0.25, 0.3) is 0 Å². The summed E-state index contributed by atoms with van der Waals surface area (Å²) in [6.45, 7) is 5.27. The molecule has 0 aliphatic carbocycles. The molecule has 4 heteroatoms. The second-order valence-corrected chi connectivity index (χ2v) is 3.76. The zero-order valence-corrected chi connectivity index (χ0v) is 9.16. The quantitative estimate of drug-likeness (QED) is 0.641. The van der Waals surface area contributed by atoms with Crippen LogP contribution < -0.4 is 11.1 Å². The summed E-state index contributed by atoms with van der Waals surface area (Å²) in [6, 6.07) is 2.96. The molecule has 0 fully saturated rings. The number of amides is 1. The second kappa shape index (κ2) is 4.31. The first-order valence-corrected chi connectivity index (χ1v) is 4.78. The minimum Gasteiger partial charge on any atom is -0.505 e. The number of aryl methyl sites for hydroxylation is 2. The molecular weight excluding hydrogens is 192 g/mol. The minimum absolute atomic E-state index is 0.0922. The Morgan fingerprint density at radius 2 is 2.07 bits per heavy atom. The van der Waals surface area contributed by atoms with Crippen molar-refractivity contribution in [2.24, 2.45) is 5.73 Å². The largest absolute Gasteiger partial charge is 0.505 e. The van der Waals surface area contributed by atoms with Gasteiger partial charge in [0.2, 0.25) is 5.91 Å². The average molecular weight is 208 g/mol. The number of phenols is 1. The van der Waals surface area contributed by atoms with Crippen molar-refractivity contribution < 1.29 is 9.90 Å². The number of nitrogens with one attached hydrogen (secondary N) is 1. The molecular formula is C11H16N2O2. The minimum atomic E-state index is -0.592. The Bertz CT molecular complexity index is 386. The second-order valence-electron chi connectivity index (χ2n) is 3.76. The van der Waals surface area contributed by atoms with Crippen LogP contribution in [0.25, 0.3) is 0 Å². The highest BCUT2D eigenvalue weighted by molar-refractivity contribution is 5.95. The monoisotopic (exact) mass is 208 g/mol. The lowest BCUT2D eigenvalue weighted by Crippen LogP contribution is -2.32. The van der Waals surface area contributed by atoms with Crippen LogP contribution in [0, 0.1) is 13.8 Å². The number of carbonyl (C=O) groups excluding carboxylic acids is 1. The van der Waals surface area contributed by atoms with E-state index in [0.717, 1.165) is 11.1 Å². The Morgan fingerprint density at radius 1 is 1.47 bits per heavy atom. The van der Waals surface area contributed by atoms with E-state index in [-0.39, 0.29) is 11.7 Å². The smallest absolute Gasteiger partial charge is 0.241 e. The molecule has 1 aromatic rings. The standard InChI is InChI=1S/C11H16N2O2/c1-6-4-7(2)10(14)9(5-6)13-11(15)8(3)12/h4-5,8,14H,12H2,1-3H3,(H,13,15)/t8-/m0/s1. The first-order valence-electron chi connectivity index (χ1n) is 4.78. The van der Waals surface area contributed by atoms with Crippen molar-refractivity contribution in [3.63, 3.8) is 0 Å². The Kier molecular flexibility index (Phi) is 3.31. The first kappa shape index (κ1) is 11.5. The van der Waals surface area contributed by atoms with E-state index in [1.807, 2.05) is 13.0 Å². The molecule has 0 saturated carbocycles. The zero-order valence-electron chi connectivity index (χ0n) is 9.16. The topological polar surface area (TPSA) is 75.3 Å². The van der Waals surface area contributed by atoms with Gasteiger partial charge in [-0.25, -0.2) is 0 Å². The van der Waals surface area contributed by atoms with Crippen LogP contribution in [0.3, 0.4) is 0 Å². The first-order chi connectivity index (χ1) is 6.91. The molecule has 82 valence electrons. The molecule has 15 heavy (non-hydrogen) atoms. The van der Waals surface area contributed by atoms with Gasteiger partial charge in [-0.2, -0.15) is 0 Å². The molecule has 0 aliphatic rings. The van der Waals surface area contributed by atoms with Crippen molar-refractivity contribution in [2.45, 2.75) is 26.8 Å². The molecule has 0 unspecified atom stereocenters. The number of rotatable bonds is 2. The summed E-state index contributed by atoms with van der Waals surface area (Å²) < 4.78 is 0. The Morgan fingerprint density at radius 3 is 2.60 bits per heavy atom. The summed E-state index contributed by atoms with van der Waals surface area (Å²) in [4.78, 5) is 11.3. The van der Waals surface area contributed by atoms with Gasteiger partial charge >= 0.3 is 0 Å². The molecule has 0 radical (unpaired) electrons. The summed E-state index contributed by atoms with van der Waals surface area (Å²) in [5, 5.41) is 12.3. The van der Waals surface area contributed by atoms with Gasteiger partial charge in [0.1, 0.15) is 5.75 Å². The van der Waals surface area contributed by atoms with Crippen LogP contribution in [-0.4, -0.2) is 17.1 Å². The third-order valence-electron chi connectivity index (χ3n) is 2.12. The summed E-state index contributed by atoms with van der Waals surface area (Å²) in [7, 11) is 0. The van der Waals surface area contributed by atoms with Crippen LogP contribution >= 0.6 is 0 Å². The Labute approximate surface area is 89.1 Å². The fourth-order valence-corrected chi connectivity index (χ4v) is 1.30. The van der Waals surface area contributed by atoms with E-state index in [0.29, 0.717) is 5.69 Å². The fourth-order valence-electron chi connectivity index (χ4n) is 1.30. The van der Waals surface area contributed by atoms with Gasteiger partial charge in [0, 0.05) is 0 Å². The predicted molar refractivity (Wildman–Crippen MR) is 59.9 cm³/mol. The molecule has 1 aromatic carbocycles. The molecule has 1 amide bonds. The van der Waals surface area contributed by atoms with E-state index in [2.05, 4.69) is 5.32 Å². The van der Waals surface area contributed by atoms with Crippen LogP contribution in [0.2, 0.25) is 0 Å². The molecule has 1 rings (SSSR count). The summed E-state index contributed by atoms with van der Waals surface area (Å²) in [5.41, 5.74) is 7.54.